The zero-order chi connectivity index (χ0) is 35.6. The fourth-order valence-corrected chi connectivity index (χ4v) is 6.36. The molecule has 0 amide bonds. The van der Waals surface area contributed by atoms with Crippen LogP contribution in [0.5, 0.6) is 0 Å². The predicted molar refractivity (Wildman–Crippen MR) is 217 cm³/mol. The molecule has 0 aromatic heterocycles. The van der Waals surface area contributed by atoms with Gasteiger partial charge in [0.25, 0.3) is 0 Å². The molecule has 6 aromatic rings. The second kappa shape index (κ2) is 14.4. The molecule has 0 radical (unpaired) electrons. The first-order valence-corrected chi connectivity index (χ1v) is 18.2. The normalized spacial score (nSPS) is 12.3. The minimum Gasteiger partial charge on any atom is -0.0587 e. The van der Waals surface area contributed by atoms with E-state index >= 15 is 0 Å². The third-order valence-electron chi connectivity index (χ3n) is 9.82. The van der Waals surface area contributed by atoms with Crippen LogP contribution < -0.4 is 0 Å². The number of rotatable bonds is 5. The number of hydrogen-bond donors (Lipinski definition) is 0. The zero-order valence-electron chi connectivity index (χ0n) is 32.0. The summed E-state index contributed by atoms with van der Waals surface area (Å²) in [6.45, 7) is 24.9. The van der Waals surface area contributed by atoms with Crippen LogP contribution in [0.2, 0.25) is 0 Å². The number of fused-ring (bicyclic) bond motifs is 2. The summed E-state index contributed by atoms with van der Waals surface area (Å²) < 4.78 is 0. The van der Waals surface area contributed by atoms with Gasteiger partial charge < -0.3 is 0 Å². The molecule has 0 saturated carbocycles. The van der Waals surface area contributed by atoms with Gasteiger partial charge in [-0.15, -0.1) is 0 Å². The molecule has 0 spiro atoms. The molecule has 6 aromatic carbocycles. The van der Waals surface area contributed by atoms with Crippen LogP contribution in [0.15, 0.2) is 121 Å². The van der Waals surface area contributed by atoms with E-state index in [-0.39, 0.29) is 16.2 Å². The van der Waals surface area contributed by atoms with Gasteiger partial charge in [0.1, 0.15) is 0 Å². The van der Waals surface area contributed by atoms with Gasteiger partial charge in [-0.25, -0.2) is 0 Å². The van der Waals surface area contributed by atoms with Crippen LogP contribution >= 0.6 is 0 Å². The summed E-state index contributed by atoms with van der Waals surface area (Å²) in [5.74, 6) is 0.607. The molecule has 254 valence electrons. The first-order valence-electron chi connectivity index (χ1n) is 18.2. The molecule has 0 aliphatic heterocycles. The lowest BCUT2D eigenvalue weighted by Crippen LogP contribution is -2.10. The summed E-state index contributed by atoms with van der Waals surface area (Å²) >= 11 is 0. The molecule has 49 heavy (non-hydrogen) atoms. The van der Waals surface area contributed by atoms with Gasteiger partial charge in [-0.2, -0.15) is 0 Å². The van der Waals surface area contributed by atoms with Crippen LogP contribution in [-0.2, 0) is 29.1 Å². The van der Waals surface area contributed by atoms with Crippen LogP contribution in [-0.4, -0.2) is 0 Å². The Kier molecular flexibility index (Phi) is 10.6. The highest BCUT2D eigenvalue weighted by molar-refractivity contribution is 5.85. The highest BCUT2D eigenvalue weighted by Gasteiger charge is 2.15. The molecule has 0 bridgehead atoms. The van der Waals surface area contributed by atoms with Gasteiger partial charge in [0.05, 0.1) is 0 Å². The van der Waals surface area contributed by atoms with E-state index in [9.17, 15) is 0 Å². The Morgan fingerprint density at radius 2 is 0.653 bits per heavy atom. The number of benzene rings is 6. The van der Waals surface area contributed by atoms with Crippen molar-refractivity contribution in [1.82, 2.24) is 0 Å². The van der Waals surface area contributed by atoms with Crippen molar-refractivity contribution in [3.8, 4) is 0 Å². The number of hydrogen-bond acceptors (Lipinski definition) is 0. The molecule has 0 heteroatoms. The SMILES string of the molecule is CC(C)(C)c1ccc2cc(Cc3ccc4cc(C(C)(C)C)ccc4c3)ccc2c1.CC(C)c1ccc(Cc2ccc(C(C)(C)C)cc2)cc1. The van der Waals surface area contributed by atoms with Crippen molar-refractivity contribution in [2.75, 3.05) is 0 Å². The third-order valence-corrected chi connectivity index (χ3v) is 9.82. The highest BCUT2D eigenvalue weighted by Crippen LogP contribution is 2.29. The van der Waals surface area contributed by atoms with Crippen LogP contribution in [0.25, 0.3) is 21.5 Å². The monoisotopic (exact) mass is 646 g/mol. The first-order chi connectivity index (χ1) is 23.0. The van der Waals surface area contributed by atoms with E-state index in [0.29, 0.717) is 5.92 Å². The second-order valence-electron chi connectivity index (χ2n) is 17.5. The van der Waals surface area contributed by atoms with E-state index in [1.165, 1.54) is 66.1 Å². The van der Waals surface area contributed by atoms with Gasteiger partial charge in [-0.1, -0.05) is 197 Å². The molecule has 6 rings (SSSR count). The average molecular weight is 647 g/mol. The largest absolute Gasteiger partial charge is 0.0587 e. The lowest BCUT2D eigenvalue weighted by molar-refractivity contribution is 0.590. The van der Waals surface area contributed by atoms with Crippen molar-refractivity contribution < 1.29 is 0 Å². The summed E-state index contributed by atoms with van der Waals surface area (Å²) in [6, 6.07) is 45.6. The average Bonchev–Trinajstić information content (AvgIpc) is 3.04. The minimum absolute atomic E-state index is 0.185. The Labute approximate surface area is 297 Å². The fourth-order valence-electron chi connectivity index (χ4n) is 6.36. The van der Waals surface area contributed by atoms with E-state index in [1.807, 2.05) is 0 Å². The van der Waals surface area contributed by atoms with Crippen molar-refractivity contribution in [3.63, 3.8) is 0 Å². The fraction of sp³-hybridized carbons (Fsp3) is 0.347. The molecular formula is C49H58. The Balaban J connectivity index is 0.000000205. The quantitative estimate of drug-likeness (QED) is 0.175. The predicted octanol–water partition coefficient (Wildman–Crippen LogP) is 13.9. The highest BCUT2D eigenvalue weighted by atomic mass is 14.2. The maximum absolute atomic E-state index is 2.34. The maximum atomic E-state index is 2.34. The van der Waals surface area contributed by atoms with Gasteiger partial charge in [-0.3, -0.25) is 0 Å². The summed E-state index contributed by atoms with van der Waals surface area (Å²) in [4.78, 5) is 0. The molecule has 0 aliphatic carbocycles. The van der Waals surface area contributed by atoms with Gasteiger partial charge in [0.2, 0.25) is 0 Å². The Hall–Kier alpha value is -4.16. The first kappa shape index (κ1) is 36.1. The van der Waals surface area contributed by atoms with Crippen molar-refractivity contribution >= 4 is 21.5 Å². The van der Waals surface area contributed by atoms with Crippen molar-refractivity contribution in [2.45, 2.75) is 111 Å². The van der Waals surface area contributed by atoms with E-state index in [1.54, 1.807) is 0 Å². The van der Waals surface area contributed by atoms with Crippen LogP contribution in [0.3, 0.4) is 0 Å². The molecular weight excluding hydrogens is 589 g/mol. The Morgan fingerprint density at radius 1 is 0.347 bits per heavy atom. The van der Waals surface area contributed by atoms with Crippen LogP contribution in [0.1, 0.15) is 127 Å². The molecule has 0 atom stereocenters. The molecule has 0 heterocycles. The maximum Gasteiger partial charge on any atom is -0.00253 e. The third kappa shape index (κ3) is 9.51. The van der Waals surface area contributed by atoms with Gasteiger partial charge >= 0.3 is 0 Å². The lowest BCUT2D eigenvalue weighted by Gasteiger charge is -2.20. The summed E-state index contributed by atoms with van der Waals surface area (Å²) in [7, 11) is 0. The van der Waals surface area contributed by atoms with Crippen molar-refractivity contribution in [3.05, 3.63) is 166 Å². The minimum atomic E-state index is 0.185. The topological polar surface area (TPSA) is 0 Å². The zero-order valence-corrected chi connectivity index (χ0v) is 32.0. The second-order valence-corrected chi connectivity index (χ2v) is 17.5. The van der Waals surface area contributed by atoms with Gasteiger partial charge in [0.15, 0.2) is 0 Å². The summed E-state index contributed by atoms with van der Waals surface area (Å²) in [5.41, 5.74) is 11.7. The smallest absolute Gasteiger partial charge is 0.00253 e. The lowest BCUT2D eigenvalue weighted by atomic mass is 9.85. The van der Waals surface area contributed by atoms with Crippen LogP contribution in [0.4, 0.5) is 0 Å². The van der Waals surface area contributed by atoms with Gasteiger partial charge in [-0.05, 0) is 101 Å². The van der Waals surface area contributed by atoms with Gasteiger partial charge in [0, 0.05) is 0 Å². The molecule has 0 N–H and O–H groups in total. The Morgan fingerprint density at radius 3 is 1.04 bits per heavy atom. The summed E-state index contributed by atoms with van der Waals surface area (Å²) in [5, 5.41) is 5.31. The van der Waals surface area contributed by atoms with E-state index in [0.717, 1.165) is 12.8 Å². The van der Waals surface area contributed by atoms with Crippen LogP contribution in [0, 0.1) is 0 Å². The molecule has 0 saturated heterocycles. The van der Waals surface area contributed by atoms with Crippen molar-refractivity contribution in [2.24, 2.45) is 0 Å². The van der Waals surface area contributed by atoms with E-state index in [2.05, 4.69) is 197 Å². The van der Waals surface area contributed by atoms with E-state index in [4.69, 9.17) is 0 Å². The molecule has 0 unspecified atom stereocenters. The molecule has 0 fully saturated rings. The standard InChI is InChI=1S/C29H32.C20H26/c1-28(2,3)26-13-11-22-16-20(7-9-24(22)18-26)15-21-8-10-25-19-27(29(4,5)6)14-12-23(25)17-21;1-15(2)18-10-6-16(7-11-18)14-17-8-12-19(13-9-17)20(3,4)5/h7-14,16-19H,15H2,1-6H3;6-13,15H,14H2,1-5H3. The van der Waals surface area contributed by atoms with E-state index < -0.39 is 0 Å². The summed E-state index contributed by atoms with van der Waals surface area (Å²) in [6.07, 6.45) is 1.98. The van der Waals surface area contributed by atoms with Crippen molar-refractivity contribution in [1.29, 1.82) is 0 Å². The molecule has 0 aliphatic rings. The molecule has 0 nitrogen and oxygen atoms in total. The Bertz CT molecular complexity index is 1900.